The first kappa shape index (κ1) is 8.71. The first-order valence-corrected chi connectivity index (χ1v) is 4.43. The third-order valence-electron chi connectivity index (χ3n) is 1.06. The Labute approximate surface area is 74.7 Å². The molecule has 0 aliphatic heterocycles. The number of halogens is 1. The van der Waals surface area contributed by atoms with Crippen molar-refractivity contribution in [1.29, 1.82) is 0 Å². The van der Waals surface area contributed by atoms with Crippen LogP contribution in [0.3, 0.4) is 0 Å². The Morgan fingerprint density at radius 3 is 3.00 bits per heavy atom. The Morgan fingerprint density at radius 1 is 1.82 bits per heavy atom. The number of rotatable bonds is 2. The van der Waals surface area contributed by atoms with Crippen LogP contribution in [0.2, 0.25) is 4.47 Å². The van der Waals surface area contributed by atoms with E-state index in [-0.39, 0.29) is 6.04 Å². The Morgan fingerprint density at radius 2 is 2.55 bits per heavy atom. The summed E-state index contributed by atoms with van der Waals surface area (Å²) >= 11 is 7.06. The molecule has 0 spiro atoms. The van der Waals surface area contributed by atoms with E-state index in [4.69, 9.17) is 17.3 Å². The topological polar surface area (TPSA) is 38.9 Å². The van der Waals surface area contributed by atoms with Crippen LogP contribution in [0.4, 0.5) is 0 Å². The van der Waals surface area contributed by atoms with Crippen LogP contribution in [-0.2, 0) is 0 Å². The largest absolute Gasteiger partial charge is 0.325 e. The highest BCUT2D eigenvalue weighted by Gasteiger charge is 1.94. The van der Waals surface area contributed by atoms with Crippen LogP contribution in [0.15, 0.2) is 12.3 Å². The summed E-state index contributed by atoms with van der Waals surface area (Å²) in [5, 5.41) is 0. The van der Waals surface area contributed by atoms with Gasteiger partial charge in [0.15, 0.2) is 4.47 Å². The maximum Gasteiger partial charge on any atom is 0.184 e. The fourth-order valence-electron chi connectivity index (χ4n) is 0.588. The van der Waals surface area contributed by atoms with Gasteiger partial charge in [0.1, 0.15) is 0 Å². The van der Waals surface area contributed by atoms with Crippen molar-refractivity contribution in [2.75, 3.05) is 0 Å². The number of thiazole rings is 1. The molecule has 0 radical (unpaired) electrons. The fraction of sp³-hybridized carbons (Fsp3) is 0.286. The van der Waals surface area contributed by atoms with E-state index in [1.807, 2.05) is 19.1 Å². The van der Waals surface area contributed by atoms with E-state index in [1.54, 1.807) is 6.20 Å². The van der Waals surface area contributed by atoms with Gasteiger partial charge in [-0.3, -0.25) is 0 Å². The van der Waals surface area contributed by atoms with Crippen molar-refractivity contribution in [3.05, 3.63) is 21.6 Å². The quantitative estimate of drug-likeness (QED) is 0.773. The van der Waals surface area contributed by atoms with Gasteiger partial charge in [-0.2, -0.15) is 0 Å². The predicted molar refractivity (Wildman–Crippen MR) is 49.8 cm³/mol. The summed E-state index contributed by atoms with van der Waals surface area (Å²) in [6.07, 6.45) is 5.56. The van der Waals surface area contributed by atoms with Crippen molar-refractivity contribution in [1.82, 2.24) is 4.98 Å². The molecule has 1 unspecified atom stereocenters. The number of nitrogens with two attached hydrogens (primary N) is 1. The average Bonchev–Trinajstić information content (AvgIpc) is 2.31. The van der Waals surface area contributed by atoms with Crippen LogP contribution in [0, 0.1) is 0 Å². The number of nitrogens with zero attached hydrogens (tertiary/aromatic N) is 1. The molecule has 2 N–H and O–H groups in total. The molecule has 0 aromatic carbocycles. The van der Waals surface area contributed by atoms with Crippen LogP contribution in [-0.4, -0.2) is 11.0 Å². The molecule has 0 fully saturated rings. The van der Waals surface area contributed by atoms with Gasteiger partial charge in [-0.05, 0) is 13.0 Å². The molecule has 1 aromatic heterocycles. The van der Waals surface area contributed by atoms with E-state index in [2.05, 4.69) is 4.98 Å². The third kappa shape index (κ3) is 3.01. The number of hydrogen-bond acceptors (Lipinski definition) is 3. The lowest BCUT2D eigenvalue weighted by molar-refractivity contribution is 0.931. The first-order chi connectivity index (χ1) is 5.18. The van der Waals surface area contributed by atoms with Crippen LogP contribution >= 0.6 is 22.9 Å². The third-order valence-corrected chi connectivity index (χ3v) is 2.14. The van der Waals surface area contributed by atoms with Gasteiger partial charge in [0.2, 0.25) is 0 Å². The van der Waals surface area contributed by atoms with Crippen molar-refractivity contribution < 1.29 is 0 Å². The molecule has 1 heterocycles. The minimum absolute atomic E-state index is 0.0795. The van der Waals surface area contributed by atoms with E-state index < -0.39 is 0 Å². The first-order valence-electron chi connectivity index (χ1n) is 3.23. The molecule has 1 aromatic rings. The highest BCUT2D eigenvalue weighted by Crippen LogP contribution is 2.18. The second-order valence-corrected chi connectivity index (χ2v) is 3.88. The monoisotopic (exact) mass is 188 g/mol. The molecular weight excluding hydrogens is 180 g/mol. The van der Waals surface area contributed by atoms with Crippen molar-refractivity contribution in [3.8, 4) is 0 Å². The molecule has 2 nitrogen and oxygen atoms in total. The zero-order valence-electron chi connectivity index (χ0n) is 6.12. The van der Waals surface area contributed by atoms with Crippen molar-refractivity contribution in [2.24, 2.45) is 5.73 Å². The molecule has 11 heavy (non-hydrogen) atoms. The summed E-state index contributed by atoms with van der Waals surface area (Å²) < 4.78 is 0.564. The second kappa shape index (κ2) is 3.85. The van der Waals surface area contributed by atoms with Gasteiger partial charge in [-0.1, -0.05) is 17.7 Å². The molecule has 0 saturated heterocycles. The average molecular weight is 189 g/mol. The summed E-state index contributed by atoms with van der Waals surface area (Å²) in [4.78, 5) is 4.92. The minimum atomic E-state index is 0.0795. The molecule has 1 rings (SSSR count). The van der Waals surface area contributed by atoms with Gasteiger partial charge in [-0.25, -0.2) is 4.98 Å². The Balaban J connectivity index is 2.64. The van der Waals surface area contributed by atoms with Gasteiger partial charge < -0.3 is 5.73 Å². The zero-order chi connectivity index (χ0) is 8.27. The maximum atomic E-state index is 5.62. The molecule has 0 amide bonds. The van der Waals surface area contributed by atoms with Gasteiger partial charge in [0.25, 0.3) is 0 Å². The number of hydrogen-bond donors (Lipinski definition) is 1. The van der Waals surface area contributed by atoms with Crippen LogP contribution in [0.1, 0.15) is 11.8 Å². The summed E-state index contributed by atoms with van der Waals surface area (Å²) in [5.41, 5.74) is 5.51. The highest BCUT2D eigenvalue weighted by molar-refractivity contribution is 7.16. The Hall–Kier alpha value is -0.380. The maximum absolute atomic E-state index is 5.62. The van der Waals surface area contributed by atoms with E-state index in [9.17, 15) is 0 Å². The van der Waals surface area contributed by atoms with Crippen LogP contribution in [0.25, 0.3) is 6.08 Å². The van der Waals surface area contributed by atoms with Gasteiger partial charge in [0.05, 0.1) is 0 Å². The van der Waals surface area contributed by atoms with E-state index in [1.165, 1.54) is 11.3 Å². The van der Waals surface area contributed by atoms with Crippen molar-refractivity contribution in [2.45, 2.75) is 13.0 Å². The fourth-order valence-corrected chi connectivity index (χ4v) is 1.46. The molecular formula is C7H9ClN2S. The zero-order valence-corrected chi connectivity index (χ0v) is 7.69. The molecule has 0 aliphatic carbocycles. The van der Waals surface area contributed by atoms with Crippen molar-refractivity contribution >= 4 is 29.0 Å². The standard InChI is InChI=1S/C7H9ClN2S/c1-5(9)2-3-6-4-10-7(8)11-6/h2-5H,9H2,1H3/b3-2+. The number of aromatic nitrogens is 1. The Bertz CT molecular complexity index is 255. The summed E-state index contributed by atoms with van der Waals surface area (Å²) in [6, 6.07) is 0.0795. The smallest absolute Gasteiger partial charge is 0.184 e. The summed E-state index contributed by atoms with van der Waals surface area (Å²) in [7, 11) is 0. The normalized spacial score (nSPS) is 14.1. The molecule has 0 aliphatic rings. The summed E-state index contributed by atoms with van der Waals surface area (Å²) in [6.45, 7) is 1.92. The molecule has 0 bridgehead atoms. The molecule has 60 valence electrons. The van der Waals surface area contributed by atoms with Gasteiger partial charge in [0, 0.05) is 17.1 Å². The second-order valence-electron chi connectivity index (χ2n) is 2.23. The van der Waals surface area contributed by atoms with E-state index >= 15 is 0 Å². The summed E-state index contributed by atoms with van der Waals surface area (Å²) in [5.74, 6) is 0. The van der Waals surface area contributed by atoms with Crippen LogP contribution in [0.5, 0.6) is 0 Å². The van der Waals surface area contributed by atoms with Crippen LogP contribution < -0.4 is 5.73 Å². The predicted octanol–water partition coefficient (Wildman–Crippen LogP) is 2.16. The van der Waals surface area contributed by atoms with E-state index in [0.29, 0.717) is 4.47 Å². The lowest BCUT2D eigenvalue weighted by Gasteiger charge is -1.91. The lowest BCUT2D eigenvalue weighted by atomic mass is 10.3. The van der Waals surface area contributed by atoms with Crippen molar-refractivity contribution in [3.63, 3.8) is 0 Å². The molecule has 0 saturated carbocycles. The van der Waals surface area contributed by atoms with E-state index in [0.717, 1.165) is 4.88 Å². The molecule has 1 atom stereocenters. The SMILES string of the molecule is CC(N)/C=C/c1cnc(Cl)s1. The highest BCUT2D eigenvalue weighted by atomic mass is 35.5. The molecule has 4 heteroatoms. The Kier molecular flexibility index (Phi) is 3.05. The lowest BCUT2D eigenvalue weighted by Crippen LogP contribution is -2.09. The van der Waals surface area contributed by atoms with Gasteiger partial charge in [-0.15, -0.1) is 11.3 Å². The van der Waals surface area contributed by atoms with Gasteiger partial charge >= 0.3 is 0 Å². The minimum Gasteiger partial charge on any atom is -0.325 e.